The molecule has 0 atom stereocenters. The fourth-order valence-electron chi connectivity index (χ4n) is 3.51. The van der Waals surface area contributed by atoms with Crippen molar-refractivity contribution in [3.8, 4) is 11.5 Å². The molecule has 1 fully saturated rings. The predicted octanol–water partition coefficient (Wildman–Crippen LogP) is 1.89. The second kappa shape index (κ2) is 8.95. The van der Waals surface area contributed by atoms with Gasteiger partial charge in [0.15, 0.2) is 11.5 Å². The Bertz CT molecular complexity index is 957. The first-order valence-electron chi connectivity index (χ1n) is 9.89. The van der Waals surface area contributed by atoms with Gasteiger partial charge >= 0.3 is 5.69 Å². The molecule has 0 aliphatic carbocycles. The topological polar surface area (TPSA) is 93.6 Å². The lowest BCUT2D eigenvalue weighted by atomic mass is 10.2. The van der Waals surface area contributed by atoms with Crippen LogP contribution in [0.4, 0.5) is 0 Å². The highest BCUT2D eigenvalue weighted by molar-refractivity contribution is 5.81. The molecule has 2 heterocycles. The molecule has 0 radical (unpaired) electrons. The Morgan fingerprint density at radius 3 is 2.36 bits per heavy atom. The Morgan fingerprint density at radius 2 is 1.71 bits per heavy atom. The maximum absolute atomic E-state index is 12.9. The van der Waals surface area contributed by atoms with Crippen LogP contribution in [0.15, 0.2) is 21.7 Å². The zero-order chi connectivity index (χ0) is 20.1. The number of hydrogen-bond acceptors (Lipinski definition) is 5. The Hall–Kier alpha value is -2.77. The van der Waals surface area contributed by atoms with Crippen molar-refractivity contribution in [2.45, 2.75) is 46.1 Å². The highest BCUT2D eigenvalue weighted by Crippen LogP contribution is 2.30. The maximum atomic E-state index is 12.9. The zero-order valence-electron chi connectivity index (χ0n) is 16.5. The molecule has 1 saturated heterocycles. The van der Waals surface area contributed by atoms with E-state index in [1.54, 1.807) is 12.1 Å². The number of ether oxygens (including phenoxy) is 2. The monoisotopic (exact) mass is 389 g/mol. The molecular weight excluding hydrogens is 362 g/mol. The third-order valence-corrected chi connectivity index (χ3v) is 4.88. The number of fused-ring (bicyclic) bond motifs is 1. The van der Waals surface area contributed by atoms with Gasteiger partial charge in [-0.1, -0.05) is 0 Å². The average molecular weight is 389 g/mol. The van der Waals surface area contributed by atoms with Crippen molar-refractivity contribution in [1.29, 1.82) is 0 Å². The van der Waals surface area contributed by atoms with Crippen LogP contribution in [0, 0.1) is 0 Å². The molecule has 0 bridgehead atoms. The molecule has 1 aliphatic rings. The van der Waals surface area contributed by atoms with Crippen LogP contribution in [0.1, 0.15) is 39.5 Å². The fourth-order valence-corrected chi connectivity index (χ4v) is 3.51. The van der Waals surface area contributed by atoms with E-state index < -0.39 is 11.2 Å². The summed E-state index contributed by atoms with van der Waals surface area (Å²) in [4.78, 5) is 42.0. The number of nitrogens with one attached hydrogen (secondary N) is 1. The number of carbonyl (C=O) groups excluding carboxylic acids is 1. The van der Waals surface area contributed by atoms with Crippen molar-refractivity contribution in [2.75, 3.05) is 26.3 Å². The molecule has 1 aromatic heterocycles. The average Bonchev–Trinajstić information content (AvgIpc) is 3.21. The number of aromatic amines is 1. The van der Waals surface area contributed by atoms with Crippen molar-refractivity contribution >= 4 is 16.8 Å². The molecule has 28 heavy (non-hydrogen) atoms. The smallest absolute Gasteiger partial charge is 0.328 e. The second-order valence-electron chi connectivity index (χ2n) is 6.79. The second-order valence-corrected chi connectivity index (χ2v) is 6.79. The Kier molecular flexibility index (Phi) is 6.38. The molecule has 1 aromatic carbocycles. The summed E-state index contributed by atoms with van der Waals surface area (Å²) in [7, 11) is 0. The van der Waals surface area contributed by atoms with E-state index in [-0.39, 0.29) is 12.5 Å². The lowest BCUT2D eigenvalue weighted by Crippen LogP contribution is -2.35. The first-order valence-corrected chi connectivity index (χ1v) is 9.89. The highest BCUT2D eigenvalue weighted by atomic mass is 16.5. The van der Waals surface area contributed by atoms with Crippen LogP contribution >= 0.6 is 0 Å². The maximum Gasteiger partial charge on any atom is 0.328 e. The molecule has 0 saturated carbocycles. The normalized spacial score (nSPS) is 13.9. The van der Waals surface area contributed by atoms with Gasteiger partial charge in [0.25, 0.3) is 5.56 Å². The number of nitrogens with zero attached hydrogens (tertiary/aromatic N) is 2. The minimum absolute atomic E-state index is 0.0859. The van der Waals surface area contributed by atoms with Crippen LogP contribution in [0.2, 0.25) is 0 Å². The SMILES string of the molecule is CCOc1cc2[nH]c(=O)n(CCCC(=O)N3CCCC3)c(=O)c2cc1OCC. The Morgan fingerprint density at radius 1 is 1.07 bits per heavy atom. The summed E-state index contributed by atoms with van der Waals surface area (Å²) in [5.41, 5.74) is -0.472. The van der Waals surface area contributed by atoms with Crippen LogP contribution in [0.25, 0.3) is 10.9 Å². The van der Waals surface area contributed by atoms with Gasteiger partial charge in [0.05, 0.1) is 24.1 Å². The van der Waals surface area contributed by atoms with Crippen LogP contribution < -0.4 is 20.7 Å². The summed E-state index contributed by atoms with van der Waals surface area (Å²) in [6, 6.07) is 3.22. The van der Waals surface area contributed by atoms with E-state index in [1.807, 2.05) is 18.7 Å². The molecule has 152 valence electrons. The zero-order valence-corrected chi connectivity index (χ0v) is 16.5. The predicted molar refractivity (Wildman–Crippen MR) is 106 cm³/mol. The summed E-state index contributed by atoms with van der Waals surface area (Å²) in [6.45, 7) is 6.38. The molecule has 3 rings (SSSR count). The molecule has 8 nitrogen and oxygen atoms in total. The number of amides is 1. The lowest BCUT2D eigenvalue weighted by molar-refractivity contribution is -0.130. The quantitative estimate of drug-likeness (QED) is 0.744. The Labute approximate surface area is 163 Å². The van der Waals surface area contributed by atoms with Crippen molar-refractivity contribution in [1.82, 2.24) is 14.5 Å². The van der Waals surface area contributed by atoms with E-state index in [0.717, 1.165) is 30.5 Å². The first-order chi connectivity index (χ1) is 13.5. The summed E-state index contributed by atoms with van der Waals surface area (Å²) < 4.78 is 12.3. The van der Waals surface area contributed by atoms with Gasteiger partial charge < -0.3 is 19.4 Å². The molecule has 1 aliphatic heterocycles. The van der Waals surface area contributed by atoms with E-state index in [1.165, 1.54) is 0 Å². The fraction of sp³-hybridized carbons (Fsp3) is 0.550. The van der Waals surface area contributed by atoms with Gasteiger partial charge in [0.1, 0.15) is 0 Å². The summed E-state index contributed by atoms with van der Waals surface area (Å²) in [6.07, 6.45) is 2.86. The molecule has 1 amide bonds. The summed E-state index contributed by atoms with van der Waals surface area (Å²) in [5.74, 6) is 1.04. The Balaban J connectivity index is 1.84. The standard InChI is InChI=1S/C20H27N3O5/c1-3-27-16-12-14-15(13-17(16)28-4-2)21-20(26)23(19(14)25)11-7-8-18(24)22-9-5-6-10-22/h12-13H,3-11H2,1-2H3,(H,21,26). The van der Waals surface area contributed by atoms with Crippen LogP contribution in [-0.4, -0.2) is 46.7 Å². The number of benzene rings is 1. The van der Waals surface area contributed by atoms with Crippen molar-refractivity contribution in [3.05, 3.63) is 33.0 Å². The molecular formula is C20H27N3O5. The van der Waals surface area contributed by atoms with Gasteiger partial charge in [0.2, 0.25) is 5.91 Å². The first kappa shape index (κ1) is 20.0. The van der Waals surface area contributed by atoms with E-state index in [4.69, 9.17) is 9.47 Å². The van der Waals surface area contributed by atoms with Gasteiger partial charge in [-0.3, -0.25) is 14.2 Å². The summed E-state index contributed by atoms with van der Waals surface area (Å²) >= 11 is 0. The third kappa shape index (κ3) is 4.21. The highest BCUT2D eigenvalue weighted by Gasteiger charge is 2.18. The van der Waals surface area contributed by atoms with Crippen LogP contribution in [0.3, 0.4) is 0 Å². The van der Waals surface area contributed by atoms with Crippen LogP contribution in [-0.2, 0) is 11.3 Å². The minimum Gasteiger partial charge on any atom is -0.490 e. The molecule has 0 unspecified atom stereocenters. The summed E-state index contributed by atoms with van der Waals surface area (Å²) in [5, 5.41) is 0.359. The molecule has 2 aromatic rings. The van der Waals surface area contributed by atoms with E-state index in [9.17, 15) is 14.4 Å². The van der Waals surface area contributed by atoms with Crippen LogP contribution in [0.5, 0.6) is 11.5 Å². The van der Waals surface area contributed by atoms with E-state index >= 15 is 0 Å². The number of aromatic nitrogens is 2. The third-order valence-electron chi connectivity index (χ3n) is 4.88. The van der Waals surface area contributed by atoms with Crippen molar-refractivity contribution in [2.24, 2.45) is 0 Å². The largest absolute Gasteiger partial charge is 0.490 e. The van der Waals surface area contributed by atoms with Gasteiger partial charge in [-0.2, -0.15) is 0 Å². The number of likely N-dealkylation sites (tertiary alicyclic amines) is 1. The van der Waals surface area contributed by atoms with E-state index in [2.05, 4.69) is 4.98 Å². The van der Waals surface area contributed by atoms with E-state index in [0.29, 0.717) is 48.5 Å². The molecule has 8 heteroatoms. The van der Waals surface area contributed by atoms with Crippen molar-refractivity contribution in [3.63, 3.8) is 0 Å². The minimum atomic E-state index is -0.488. The number of H-pyrrole nitrogens is 1. The number of carbonyl (C=O) groups is 1. The van der Waals surface area contributed by atoms with Gasteiger partial charge in [-0.05, 0) is 39.2 Å². The number of rotatable bonds is 8. The van der Waals surface area contributed by atoms with Gasteiger partial charge in [-0.15, -0.1) is 0 Å². The molecule has 0 spiro atoms. The number of hydrogen-bond donors (Lipinski definition) is 1. The molecule has 1 N–H and O–H groups in total. The lowest BCUT2D eigenvalue weighted by Gasteiger charge is -2.15. The van der Waals surface area contributed by atoms with Crippen molar-refractivity contribution < 1.29 is 14.3 Å². The van der Waals surface area contributed by atoms with Gasteiger partial charge in [-0.25, -0.2) is 4.79 Å². The van der Waals surface area contributed by atoms with Gasteiger partial charge in [0, 0.05) is 32.1 Å².